The van der Waals surface area contributed by atoms with Crippen molar-refractivity contribution in [2.45, 2.75) is 12.8 Å². The average Bonchev–Trinajstić information content (AvgIpc) is 2.19. The average molecular weight is 232 g/mol. The predicted molar refractivity (Wildman–Crippen MR) is 54.7 cm³/mol. The molecule has 0 aromatic heterocycles. The second-order valence-electron chi connectivity index (χ2n) is 3.59. The number of hydrogen-bond acceptors (Lipinski definition) is 4. The molecule has 0 unspecified atom stereocenters. The third-order valence-electron chi connectivity index (χ3n) is 2.30. The highest BCUT2D eigenvalue weighted by Gasteiger charge is 2.20. The number of nitrogens with zero attached hydrogens (tertiary/aromatic N) is 1. The standard InChI is InChI=1S/C7H14N2O.C2H2O4/c1-9-4-2-6(3-5-9)7(8)10;3-1(4)2(5)6/h6H,2-5H2,1H3,(H2,8,10);(H,3,4)(H,5,6). The largest absolute Gasteiger partial charge is 0.473 e. The van der Waals surface area contributed by atoms with Crippen molar-refractivity contribution in [1.29, 1.82) is 0 Å². The minimum Gasteiger partial charge on any atom is -0.473 e. The van der Waals surface area contributed by atoms with E-state index in [4.69, 9.17) is 25.5 Å². The Bertz CT molecular complexity index is 259. The van der Waals surface area contributed by atoms with Crippen LogP contribution in [0.15, 0.2) is 0 Å². The van der Waals surface area contributed by atoms with Gasteiger partial charge < -0.3 is 20.8 Å². The second-order valence-corrected chi connectivity index (χ2v) is 3.59. The number of likely N-dealkylation sites (tertiary alicyclic amines) is 1. The number of nitrogens with two attached hydrogens (primary N) is 1. The van der Waals surface area contributed by atoms with E-state index in [1.165, 1.54) is 0 Å². The van der Waals surface area contributed by atoms with Crippen LogP contribution >= 0.6 is 0 Å². The molecule has 1 fully saturated rings. The summed E-state index contributed by atoms with van der Waals surface area (Å²) in [7, 11) is 2.07. The monoisotopic (exact) mass is 232 g/mol. The molecule has 1 rings (SSSR count). The number of primary amides is 1. The number of piperidine rings is 1. The van der Waals surface area contributed by atoms with Gasteiger partial charge >= 0.3 is 11.9 Å². The number of carbonyl (C=O) groups is 3. The van der Waals surface area contributed by atoms with E-state index in [9.17, 15) is 4.79 Å². The van der Waals surface area contributed by atoms with E-state index < -0.39 is 11.9 Å². The lowest BCUT2D eigenvalue weighted by Crippen LogP contribution is -2.36. The van der Waals surface area contributed by atoms with Gasteiger partial charge in [-0.15, -0.1) is 0 Å². The van der Waals surface area contributed by atoms with Crippen LogP contribution in [-0.4, -0.2) is 53.1 Å². The first kappa shape index (κ1) is 14.4. The van der Waals surface area contributed by atoms with Gasteiger partial charge in [-0.3, -0.25) is 4.79 Å². The highest BCUT2D eigenvalue weighted by Crippen LogP contribution is 2.14. The van der Waals surface area contributed by atoms with E-state index in [0.717, 1.165) is 25.9 Å². The molecule has 1 saturated heterocycles. The Kier molecular flexibility index (Phi) is 6.09. The summed E-state index contributed by atoms with van der Waals surface area (Å²) in [6.45, 7) is 2.02. The summed E-state index contributed by atoms with van der Waals surface area (Å²) in [6, 6.07) is 0. The highest BCUT2D eigenvalue weighted by atomic mass is 16.4. The van der Waals surface area contributed by atoms with Gasteiger partial charge in [0.1, 0.15) is 0 Å². The number of aliphatic carboxylic acids is 2. The topological polar surface area (TPSA) is 121 Å². The van der Waals surface area contributed by atoms with E-state index in [1.807, 2.05) is 0 Å². The first-order valence-corrected chi connectivity index (χ1v) is 4.78. The van der Waals surface area contributed by atoms with Gasteiger partial charge in [-0.25, -0.2) is 9.59 Å². The Balaban J connectivity index is 0.000000325. The first-order chi connectivity index (χ1) is 7.34. The number of rotatable bonds is 1. The summed E-state index contributed by atoms with van der Waals surface area (Å²) in [5.41, 5.74) is 5.16. The van der Waals surface area contributed by atoms with Crippen molar-refractivity contribution in [2.75, 3.05) is 20.1 Å². The van der Waals surface area contributed by atoms with Crippen LogP contribution in [0, 0.1) is 5.92 Å². The third-order valence-corrected chi connectivity index (χ3v) is 2.30. The maximum atomic E-state index is 10.7. The molecule has 92 valence electrons. The Hall–Kier alpha value is -1.63. The second kappa shape index (κ2) is 6.78. The maximum Gasteiger partial charge on any atom is 0.414 e. The normalized spacial score (nSPS) is 17.1. The van der Waals surface area contributed by atoms with E-state index in [0.29, 0.717) is 0 Å². The van der Waals surface area contributed by atoms with Gasteiger partial charge in [0.25, 0.3) is 0 Å². The van der Waals surface area contributed by atoms with Crippen molar-refractivity contribution >= 4 is 17.8 Å². The van der Waals surface area contributed by atoms with Crippen molar-refractivity contribution in [3.63, 3.8) is 0 Å². The zero-order valence-electron chi connectivity index (χ0n) is 9.05. The van der Waals surface area contributed by atoms with E-state index in [-0.39, 0.29) is 11.8 Å². The summed E-state index contributed by atoms with van der Waals surface area (Å²) in [5.74, 6) is -3.64. The van der Waals surface area contributed by atoms with Crippen molar-refractivity contribution in [1.82, 2.24) is 4.90 Å². The Morgan fingerprint density at radius 2 is 1.50 bits per heavy atom. The summed E-state index contributed by atoms with van der Waals surface area (Å²) in [6.07, 6.45) is 1.87. The Labute approximate surface area is 92.8 Å². The molecule has 1 heterocycles. The quantitative estimate of drug-likeness (QED) is 0.497. The number of carboxylic acid groups (broad SMARTS) is 2. The summed E-state index contributed by atoms with van der Waals surface area (Å²) >= 11 is 0. The molecule has 0 aromatic carbocycles. The van der Waals surface area contributed by atoms with Gasteiger partial charge in [0.15, 0.2) is 0 Å². The lowest BCUT2D eigenvalue weighted by Gasteiger charge is -2.26. The molecule has 1 aliphatic rings. The number of hydrogen-bond donors (Lipinski definition) is 3. The van der Waals surface area contributed by atoms with Crippen molar-refractivity contribution < 1.29 is 24.6 Å². The van der Waals surface area contributed by atoms with Gasteiger partial charge in [-0.2, -0.15) is 0 Å². The minimum atomic E-state index is -1.82. The van der Waals surface area contributed by atoms with Crippen molar-refractivity contribution in [2.24, 2.45) is 11.7 Å². The molecule has 1 amide bonds. The molecule has 16 heavy (non-hydrogen) atoms. The lowest BCUT2D eigenvalue weighted by molar-refractivity contribution is -0.159. The molecule has 0 bridgehead atoms. The first-order valence-electron chi connectivity index (χ1n) is 4.78. The zero-order chi connectivity index (χ0) is 12.7. The molecule has 7 heteroatoms. The van der Waals surface area contributed by atoms with Crippen LogP contribution in [0.2, 0.25) is 0 Å². The van der Waals surface area contributed by atoms with E-state index in [1.54, 1.807) is 0 Å². The predicted octanol–water partition coefficient (Wildman–Crippen LogP) is -1.03. The smallest absolute Gasteiger partial charge is 0.414 e. The molecular weight excluding hydrogens is 216 g/mol. The molecule has 0 saturated carbocycles. The molecule has 0 atom stereocenters. The van der Waals surface area contributed by atoms with Gasteiger partial charge in [-0.1, -0.05) is 0 Å². The van der Waals surface area contributed by atoms with Crippen molar-refractivity contribution in [3.05, 3.63) is 0 Å². The lowest BCUT2D eigenvalue weighted by atomic mass is 9.97. The van der Waals surface area contributed by atoms with E-state index in [2.05, 4.69) is 11.9 Å². The van der Waals surface area contributed by atoms with Crippen LogP contribution in [-0.2, 0) is 14.4 Å². The van der Waals surface area contributed by atoms with Gasteiger partial charge in [0, 0.05) is 5.92 Å². The van der Waals surface area contributed by atoms with Crippen LogP contribution in [0.3, 0.4) is 0 Å². The van der Waals surface area contributed by atoms with Gasteiger partial charge in [0.2, 0.25) is 5.91 Å². The molecule has 0 spiro atoms. The van der Waals surface area contributed by atoms with Crippen LogP contribution in [0.25, 0.3) is 0 Å². The van der Waals surface area contributed by atoms with Crippen LogP contribution in [0.1, 0.15) is 12.8 Å². The summed E-state index contributed by atoms with van der Waals surface area (Å²) in [4.78, 5) is 31.1. The highest BCUT2D eigenvalue weighted by molar-refractivity contribution is 6.27. The van der Waals surface area contributed by atoms with Gasteiger partial charge in [-0.05, 0) is 33.0 Å². The fourth-order valence-corrected chi connectivity index (χ4v) is 1.29. The molecule has 4 N–H and O–H groups in total. The molecule has 0 radical (unpaired) electrons. The zero-order valence-corrected chi connectivity index (χ0v) is 9.05. The third kappa shape index (κ3) is 5.97. The number of carboxylic acids is 2. The number of amides is 1. The van der Waals surface area contributed by atoms with E-state index >= 15 is 0 Å². The molecule has 0 aromatic rings. The van der Waals surface area contributed by atoms with Crippen LogP contribution in [0.4, 0.5) is 0 Å². The van der Waals surface area contributed by atoms with Crippen LogP contribution < -0.4 is 5.73 Å². The summed E-state index contributed by atoms with van der Waals surface area (Å²) < 4.78 is 0. The van der Waals surface area contributed by atoms with Gasteiger partial charge in [0.05, 0.1) is 0 Å². The van der Waals surface area contributed by atoms with Crippen molar-refractivity contribution in [3.8, 4) is 0 Å². The summed E-state index contributed by atoms with van der Waals surface area (Å²) in [5, 5.41) is 14.8. The Morgan fingerprint density at radius 1 is 1.12 bits per heavy atom. The SMILES string of the molecule is CN1CCC(C(N)=O)CC1.O=C(O)C(=O)O. The fraction of sp³-hybridized carbons (Fsp3) is 0.667. The number of carbonyl (C=O) groups excluding carboxylic acids is 1. The molecule has 7 nitrogen and oxygen atoms in total. The maximum absolute atomic E-state index is 10.7. The fourth-order valence-electron chi connectivity index (χ4n) is 1.29. The molecule has 1 aliphatic heterocycles. The van der Waals surface area contributed by atoms with Crippen LogP contribution in [0.5, 0.6) is 0 Å². The Morgan fingerprint density at radius 3 is 1.75 bits per heavy atom. The minimum absolute atomic E-state index is 0.131. The molecule has 0 aliphatic carbocycles. The molecular formula is C9H16N2O5.